The van der Waals surface area contributed by atoms with Crippen LogP contribution in [0.15, 0.2) is 17.0 Å². The summed E-state index contributed by atoms with van der Waals surface area (Å²) in [5, 5.41) is 12.5. The second-order valence-corrected chi connectivity index (χ2v) is 2.91. The number of hydrogen-bond acceptors (Lipinski definition) is 5. The number of H-pyrrole nitrogens is 1. The number of nitrogens with one attached hydrogen (secondary N) is 2. The number of aromatic nitrogens is 4. The summed E-state index contributed by atoms with van der Waals surface area (Å²) in [6.07, 6.45) is 2.76. The predicted molar refractivity (Wildman–Crippen MR) is 48.8 cm³/mol. The molecule has 0 spiro atoms. The molecule has 15 heavy (non-hydrogen) atoms. The lowest BCUT2D eigenvalue weighted by Crippen LogP contribution is -2.23. The topological polar surface area (TPSA) is 96.7 Å². The number of aryl methyl sites for hydroxylation is 1. The third-order valence-electron chi connectivity index (χ3n) is 1.88. The van der Waals surface area contributed by atoms with Crippen LogP contribution in [0, 0.1) is 6.92 Å². The number of carbonyl (C=O) groups excluding carboxylic acids is 1. The molecule has 0 atom stereocenters. The molecule has 0 aliphatic carbocycles. The van der Waals surface area contributed by atoms with Crippen LogP contribution in [-0.2, 0) is 6.54 Å². The largest absolute Gasteiger partial charge is 0.361 e. The van der Waals surface area contributed by atoms with E-state index in [-0.39, 0.29) is 5.91 Å². The van der Waals surface area contributed by atoms with Gasteiger partial charge < -0.3 is 9.84 Å². The van der Waals surface area contributed by atoms with Crippen molar-refractivity contribution >= 4 is 5.91 Å². The zero-order valence-electron chi connectivity index (χ0n) is 8.02. The van der Waals surface area contributed by atoms with Gasteiger partial charge in [0.1, 0.15) is 23.5 Å². The fraction of sp³-hybridized carbons (Fsp3) is 0.250. The lowest BCUT2D eigenvalue weighted by Gasteiger charge is -1.99. The first kappa shape index (κ1) is 9.38. The lowest BCUT2D eigenvalue weighted by molar-refractivity contribution is 0.0948. The fourth-order valence-corrected chi connectivity index (χ4v) is 1.09. The Balaban J connectivity index is 1.96. The van der Waals surface area contributed by atoms with Gasteiger partial charge in [0, 0.05) is 0 Å². The normalized spacial score (nSPS) is 10.2. The van der Waals surface area contributed by atoms with Gasteiger partial charge in [-0.3, -0.25) is 9.89 Å². The van der Waals surface area contributed by atoms with Crippen molar-refractivity contribution in [2.45, 2.75) is 13.5 Å². The molecule has 2 heterocycles. The zero-order chi connectivity index (χ0) is 10.7. The van der Waals surface area contributed by atoms with Crippen LogP contribution in [0.3, 0.4) is 0 Å². The Hall–Kier alpha value is -2.18. The predicted octanol–water partition coefficient (Wildman–Crippen LogP) is 0.0311. The van der Waals surface area contributed by atoms with Gasteiger partial charge in [0.05, 0.1) is 12.7 Å². The van der Waals surface area contributed by atoms with E-state index in [4.69, 9.17) is 4.52 Å². The first-order valence-electron chi connectivity index (χ1n) is 4.31. The molecule has 0 aromatic carbocycles. The molecule has 0 saturated carbocycles. The molecule has 78 valence electrons. The molecule has 0 aliphatic rings. The Morgan fingerprint density at radius 3 is 3.13 bits per heavy atom. The molecule has 7 nitrogen and oxygen atoms in total. The maximum atomic E-state index is 11.5. The van der Waals surface area contributed by atoms with Crippen LogP contribution in [0.5, 0.6) is 0 Å². The van der Waals surface area contributed by atoms with Crippen molar-refractivity contribution in [1.29, 1.82) is 0 Å². The Bertz CT molecular complexity index is 447. The van der Waals surface area contributed by atoms with Gasteiger partial charge in [0.25, 0.3) is 5.91 Å². The average molecular weight is 207 g/mol. The molecule has 0 aliphatic heterocycles. The molecule has 0 unspecified atom stereocenters. The average Bonchev–Trinajstić information content (AvgIpc) is 2.84. The van der Waals surface area contributed by atoms with Crippen LogP contribution in [0.25, 0.3) is 0 Å². The first-order chi connectivity index (χ1) is 7.27. The minimum Gasteiger partial charge on any atom is -0.361 e. The second-order valence-electron chi connectivity index (χ2n) is 2.91. The summed E-state index contributed by atoms with van der Waals surface area (Å²) in [4.78, 5) is 15.4. The number of hydrogen-bond donors (Lipinski definition) is 2. The van der Waals surface area contributed by atoms with Crippen molar-refractivity contribution in [3.8, 4) is 0 Å². The summed E-state index contributed by atoms with van der Waals surface area (Å²) in [6, 6.07) is 0. The molecule has 2 rings (SSSR count). The third-order valence-corrected chi connectivity index (χ3v) is 1.88. The van der Waals surface area contributed by atoms with E-state index < -0.39 is 0 Å². The smallest absolute Gasteiger partial charge is 0.256 e. The number of carbonyl (C=O) groups is 1. The SMILES string of the molecule is Cc1oncc1C(=O)NCc1ncn[nH]1. The van der Waals surface area contributed by atoms with E-state index in [1.165, 1.54) is 12.5 Å². The van der Waals surface area contributed by atoms with Crippen molar-refractivity contribution in [2.75, 3.05) is 0 Å². The summed E-state index contributed by atoms with van der Waals surface area (Å²) < 4.78 is 4.78. The van der Waals surface area contributed by atoms with Gasteiger partial charge in [0.2, 0.25) is 0 Å². The summed E-state index contributed by atoms with van der Waals surface area (Å²) in [6.45, 7) is 1.97. The molecule has 7 heteroatoms. The van der Waals surface area contributed by atoms with E-state index >= 15 is 0 Å². The number of nitrogens with zero attached hydrogens (tertiary/aromatic N) is 3. The molecule has 2 N–H and O–H groups in total. The molecule has 0 radical (unpaired) electrons. The van der Waals surface area contributed by atoms with Gasteiger partial charge in [-0.2, -0.15) is 5.10 Å². The molecular formula is C8H9N5O2. The summed E-state index contributed by atoms with van der Waals surface area (Å²) >= 11 is 0. The molecular weight excluding hydrogens is 198 g/mol. The maximum absolute atomic E-state index is 11.5. The van der Waals surface area contributed by atoms with Crippen molar-refractivity contribution in [3.63, 3.8) is 0 Å². The highest BCUT2D eigenvalue weighted by molar-refractivity contribution is 5.94. The lowest BCUT2D eigenvalue weighted by atomic mass is 10.2. The maximum Gasteiger partial charge on any atom is 0.256 e. The van der Waals surface area contributed by atoms with Crippen LogP contribution < -0.4 is 5.32 Å². The number of aromatic amines is 1. The third kappa shape index (κ3) is 2.01. The first-order valence-corrected chi connectivity index (χ1v) is 4.31. The number of amides is 1. The molecule has 0 fully saturated rings. The van der Waals surface area contributed by atoms with Gasteiger partial charge in [-0.1, -0.05) is 5.16 Å². The summed E-state index contributed by atoms with van der Waals surface area (Å²) in [5.74, 6) is 0.840. The van der Waals surface area contributed by atoms with Gasteiger partial charge in [-0.25, -0.2) is 4.98 Å². The second kappa shape index (κ2) is 3.91. The van der Waals surface area contributed by atoms with Gasteiger partial charge in [0.15, 0.2) is 0 Å². The number of rotatable bonds is 3. The van der Waals surface area contributed by atoms with Crippen LogP contribution in [-0.4, -0.2) is 26.2 Å². The fourth-order valence-electron chi connectivity index (χ4n) is 1.09. The van der Waals surface area contributed by atoms with E-state index in [9.17, 15) is 4.79 Å². The summed E-state index contributed by atoms with van der Waals surface area (Å²) in [5.41, 5.74) is 0.425. The minimum absolute atomic E-state index is 0.245. The molecule has 2 aromatic rings. The molecule has 2 aromatic heterocycles. The van der Waals surface area contributed by atoms with Crippen molar-refractivity contribution in [1.82, 2.24) is 25.7 Å². The van der Waals surface area contributed by atoms with Crippen molar-refractivity contribution in [2.24, 2.45) is 0 Å². The van der Waals surface area contributed by atoms with E-state index in [2.05, 4.69) is 25.7 Å². The van der Waals surface area contributed by atoms with Crippen molar-refractivity contribution in [3.05, 3.63) is 29.7 Å². The quantitative estimate of drug-likeness (QED) is 0.740. The van der Waals surface area contributed by atoms with Crippen LogP contribution >= 0.6 is 0 Å². The molecule has 1 amide bonds. The van der Waals surface area contributed by atoms with Crippen LogP contribution in [0.4, 0.5) is 0 Å². The Morgan fingerprint density at radius 2 is 2.53 bits per heavy atom. The zero-order valence-corrected chi connectivity index (χ0v) is 8.02. The Morgan fingerprint density at radius 1 is 1.67 bits per heavy atom. The highest BCUT2D eigenvalue weighted by Gasteiger charge is 2.12. The molecule has 0 bridgehead atoms. The van der Waals surface area contributed by atoms with E-state index in [1.807, 2.05) is 0 Å². The monoisotopic (exact) mass is 207 g/mol. The Kier molecular flexibility index (Phi) is 2.44. The van der Waals surface area contributed by atoms with Gasteiger partial charge in [-0.05, 0) is 6.92 Å². The molecule has 0 saturated heterocycles. The highest BCUT2D eigenvalue weighted by Crippen LogP contribution is 2.05. The van der Waals surface area contributed by atoms with E-state index in [1.54, 1.807) is 6.92 Å². The highest BCUT2D eigenvalue weighted by atomic mass is 16.5. The van der Waals surface area contributed by atoms with Gasteiger partial charge >= 0.3 is 0 Å². The van der Waals surface area contributed by atoms with E-state index in [0.717, 1.165) is 0 Å². The standard InChI is InChI=1S/C8H9N5O2/c1-5-6(2-12-15-5)8(14)9-3-7-10-4-11-13-7/h2,4H,3H2,1H3,(H,9,14)(H,10,11,13). The summed E-state index contributed by atoms with van der Waals surface area (Å²) in [7, 11) is 0. The van der Waals surface area contributed by atoms with Crippen LogP contribution in [0.2, 0.25) is 0 Å². The minimum atomic E-state index is -0.245. The van der Waals surface area contributed by atoms with Crippen LogP contribution in [0.1, 0.15) is 21.9 Å². The van der Waals surface area contributed by atoms with E-state index in [0.29, 0.717) is 23.7 Å². The van der Waals surface area contributed by atoms with Crippen molar-refractivity contribution < 1.29 is 9.32 Å². The van der Waals surface area contributed by atoms with Gasteiger partial charge in [-0.15, -0.1) is 0 Å². The Labute approximate surface area is 84.9 Å².